The molecule has 0 aromatic rings. The van der Waals surface area contributed by atoms with Gasteiger partial charge in [-0.25, -0.2) is 5.01 Å². The van der Waals surface area contributed by atoms with Crippen molar-refractivity contribution in [2.24, 2.45) is 5.10 Å². The van der Waals surface area contributed by atoms with E-state index in [9.17, 15) is 0 Å². The van der Waals surface area contributed by atoms with E-state index in [2.05, 4.69) is 18.6 Å². The lowest BCUT2D eigenvalue weighted by Crippen LogP contribution is -2.15. The second kappa shape index (κ2) is 2.48. The van der Waals surface area contributed by atoms with E-state index in [-0.39, 0.29) is 0 Å². The van der Waals surface area contributed by atoms with E-state index in [1.807, 2.05) is 29.4 Å². The van der Waals surface area contributed by atoms with Gasteiger partial charge in [0.15, 0.2) is 0 Å². The fraction of sp³-hybridized carbons (Fsp3) is 0.100. The van der Waals surface area contributed by atoms with Crippen molar-refractivity contribution < 1.29 is 0 Å². The number of hydrazone groups is 1. The standard InChI is InChI=1S/C10H10N2/c1-8-5-7-12-10(9(8)2)4-3-6-11-12/h3-7H,1H2,2H3. The summed E-state index contributed by atoms with van der Waals surface area (Å²) in [5.41, 5.74) is 3.36. The summed E-state index contributed by atoms with van der Waals surface area (Å²) in [7, 11) is 0. The van der Waals surface area contributed by atoms with Crippen molar-refractivity contribution >= 4 is 6.21 Å². The largest absolute Gasteiger partial charge is 0.241 e. The van der Waals surface area contributed by atoms with Crippen LogP contribution in [0.5, 0.6) is 0 Å². The molecule has 2 nitrogen and oxygen atoms in total. The molecule has 0 radical (unpaired) electrons. The minimum Gasteiger partial charge on any atom is -0.241 e. The van der Waals surface area contributed by atoms with Crippen LogP contribution in [-0.4, -0.2) is 11.2 Å². The number of hydrogen-bond donors (Lipinski definition) is 0. The molecule has 2 aliphatic heterocycles. The lowest BCUT2D eigenvalue weighted by atomic mass is 10.0. The second-order valence-electron chi connectivity index (χ2n) is 2.82. The molecule has 12 heavy (non-hydrogen) atoms. The zero-order chi connectivity index (χ0) is 8.55. The number of fused-ring (bicyclic) bond motifs is 1. The van der Waals surface area contributed by atoms with Crippen LogP contribution in [0.15, 0.2) is 53.0 Å². The van der Waals surface area contributed by atoms with E-state index in [0.29, 0.717) is 0 Å². The Morgan fingerprint density at radius 1 is 1.42 bits per heavy atom. The molecule has 0 saturated heterocycles. The molecular formula is C10H10N2. The highest BCUT2D eigenvalue weighted by Gasteiger charge is 2.13. The first-order chi connectivity index (χ1) is 5.79. The highest BCUT2D eigenvalue weighted by Crippen LogP contribution is 2.25. The van der Waals surface area contributed by atoms with E-state index < -0.39 is 0 Å². The number of rotatable bonds is 0. The molecule has 2 aliphatic rings. The molecule has 0 N–H and O–H groups in total. The van der Waals surface area contributed by atoms with Gasteiger partial charge in [0.1, 0.15) is 0 Å². The first kappa shape index (κ1) is 7.10. The molecule has 2 rings (SSSR count). The number of allylic oxidation sites excluding steroid dienone is 5. The van der Waals surface area contributed by atoms with E-state index in [1.54, 1.807) is 6.21 Å². The van der Waals surface area contributed by atoms with Crippen LogP contribution in [0.1, 0.15) is 6.92 Å². The third-order valence-corrected chi connectivity index (χ3v) is 2.06. The Hall–Kier alpha value is -1.57. The summed E-state index contributed by atoms with van der Waals surface area (Å²) in [6.07, 6.45) is 9.63. The maximum absolute atomic E-state index is 4.17. The number of nitrogens with zero attached hydrogens (tertiary/aromatic N) is 2. The zero-order valence-corrected chi connectivity index (χ0v) is 6.99. The molecule has 0 aliphatic carbocycles. The summed E-state index contributed by atoms with van der Waals surface area (Å²) in [4.78, 5) is 0. The molecule has 2 heteroatoms. The van der Waals surface area contributed by atoms with Gasteiger partial charge in [0, 0.05) is 12.4 Å². The van der Waals surface area contributed by atoms with Crippen molar-refractivity contribution in [3.05, 3.63) is 47.9 Å². The Bertz CT molecular complexity index is 343. The van der Waals surface area contributed by atoms with Crippen LogP contribution in [0.25, 0.3) is 0 Å². The summed E-state index contributed by atoms with van der Waals surface area (Å²) in [6.45, 7) is 5.98. The first-order valence-corrected chi connectivity index (χ1v) is 3.87. The smallest absolute Gasteiger partial charge is 0.0681 e. The summed E-state index contributed by atoms with van der Waals surface area (Å²) in [5.74, 6) is 0. The molecule has 0 saturated carbocycles. The summed E-state index contributed by atoms with van der Waals surface area (Å²) in [5, 5.41) is 6.02. The molecule has 0 bridgehead atoms. The average molecular weight is 158 g/mol. The molecule has 0 atom stereocenters. The van der Waals surface area contributed by atoms with E-state index in [0.717, 1.165) is 11.3 Å². The third kappa shape index (κ3) is 0.925. The first-order valence-electron chi connectivity index (χ1n) is 3.87. The molecule has 0 aromatic carbocycles. The predicted octanol–water partition coefficient (Wildman–Crippen LogP) is 2.20. The van der Waals surface area contributed by atoms with Gasteiger partial charge in [-0.1, -0.05) is 6.58 Å². The maximum Gasteiger partial charge on any atom is 0.0681 e. The van der Waals surface area contributed by atoms with E-state index in [1.165, 1.54) is 5.57 Å². The van der Waals surface area contributed by atoms with Gasteiger partial charge in [0.2, 0.25) is 0 Å². The summed E-state index contributed by atoms with van der Waals surface area (Å²) in [6, 6.07) is 0. The van der Waals surface area contributed by atoms with Crippen LogP contribution in [0.2, 0.25) is 0 Å². The molecule has 2 heterocycles. The third-order valence-electron chi connectivity index (χ3n) is 2.06. The lowest BCUT2D eigenvalue weighted by molar-refractivity contribution is 0.503. The van der Waals surface area contributed by atoms with Crippen molar-refractivity contribution in [2.75, 3.05) is 0 Å². The van der Waals surface area contributed by atoms with Crippen molar-refractivity contribution in [3.63, 3.8) is 0 Å². The Morgan fingerprint density at radius 3 is 3.08 bits per heavy atom. The van der Waals surface area contributed by atoms with Crippen LogP contribution >= 0.6 is 0 Å². The number of hydrogen-bond acceptors (Lipinski definition) is 2. The second-order valence-corrected chi connectivity index (χ2v) is 2.82. The minimum absolute atomic E-state index is 1.06. The predicted molar refractivity (Wildman–Crippen MR) is 50.5 cm³/mol. The summed E-state index contributed by atoms with van der Waals surface area (Å²) >= 11 is 0. The van der Waals surface area contributed by atoms with Crippen LogP contribution in [0, 0.1) is 0 Å². The van der Waals surface area contributed by atoms with Crippen LogP contribution < -0.4 is 0 Å². The molecule has 0 amide bonds. The maximum atomic E-state index is 4.17. The van der Waals surface area contributed by atoms with Crippen LogP contribution in [0.3, 0.4) is 0 Å². The van der Waals surface area contributed by atoms with Crippen LogP contribution in [0.4, 0.5) is 0 Å². The Morgan fingerprint density at radius 2 is 2.25 bits per heavy atom. The van der Waals surface area contributed by atoms with Crippen molar-refractivity contribution in [1.29, 1.82) is 0 Å². The minimum atomic E-state index is 1.06. The Kier molecular flexibility index (Phi) is 1.47. The van der Waals surface area contributed by atoms with Gasteiger partial charge < -0.3 is 0 Å². The topological polar surface area (TPSA) is 15.6 Å². The fourth-order valence-corrected chi connectivity index (χ4v) is 1.25. The van der Waals surface area contributed by atoms with E-state index >= 15 is 0 Å². The molecule has 0 aromatic heterocycles. The molecule has 60 valence electrons. The van der Waals surface area contributed by atoms with Gasteiger partial charge in [-0.2, -0.15) is 5.10 Å². The molecular weight excluding hydrogens is 148 g/mol. The zero-order valence-electron chi connectivity index (χ0n) is 6.99. The van der Waals surface area contributed by atoms with Gasteiger partial charge in [-0.05, 0) is 36.3 Å². The van der Waals surface area contributed by atoms with Crippen molar-refractivity contribution in [1.82, 2.24) is 5.01 Å². The summed E-state index contributed by atoms with van der Waals surface area (Å²) < 4.78 is 0. The molecule has 0 unspecified atom stereocenters. The van der Waals surface area contributed by atoms with E-state index in [4.69, 9.17) is 0 Å². The lowest BCUT2D eigenvalue weighted by Gasteiger charge is -2.24. The van der Waals surface area contributed by atoms with Crippen molar-refractivity contribution in [3.8, 4) is 0 Å². The monoisotopic (exact) mass is 158 g/mol. The van der Waals surface area contributed by atoms with Crippen molar-refractivity contribution in [2.45, 2.75) is 6.92 Å². The SMILES string of the molecule is C=C1C=CN2N=CC=CC2=C1C. The molecule has 0 spiro atoms. The highest BCUT2D eigenvalue weighted by molar-refractivity contribution is 5.74. The van der Waals surface area contributed by atoms with Crippen LogP contribution in [-0.2, 0) is 0 Å². The fourth-order valence-electron chi connectivity index (χ4n) is 1.25. The van der Waals surface area contributed by atoms with Gasteiger partial charge >= 0.3 is 0 Å². The normalized spacial score (nSPS) is 20.4. The molecule has 0 fully saturated rings. The quantitative estimate of drug-likeness (QED) is 0.527. The van der Waals surface area contributed by atoms with Gasteiger partial charge in [-0.3, -0.25) is 0 Å². The average Bonchev–Trinajstić information content (AvgIpc) is 2.12. The Balaban J connectivity index is 2.49. The van der Waals surface area contributed by atoms with Gasteiger partial charge in [0.25, 0.3) is 0 Å². The van der Waals surface area contributed by atoms with Gasteiger partial charge in [0.05, 0.1) is 5.70 Å². The Labute approximate surface area is 71.9 Å². The highest BCUT2D eigenvalue weighted by atomic mass is 15.4. The van der Waals surface area contributed by atoms with Gasteiger partial charge in [-0.15, -0.1) is 0 Å².